The van der Waals surface area contributed by atoms with E-state index in [4.69, 9.17) is 37.9 Å². The minimum Gasteiger partial charge on any atom is -0.463 e. The Bertz CT molecular complexity index is 1170. The van der Waals surface area contributed by atoms with Gasteiger partial charge in [0.1, 0.15) is 13.2 Å². The Morgan fingerprint density at radius 1 is 0.612 bits per heavy atom. The van der Waals surface area contributed by atoms with Crippen LogP contribution in [0.15, 0.2) is 48.5 Å². The fourth-order valence-electron chi connectivity index (χ4n) is 4.15. The third kappa shape index (κ3) is 20.8. The highest BCUT2D eigenvalue weighted by molar-refractivity contribution is 5.96. The number of anilines is 2. The molecular weight excluding hydrogens is 651 g/mol. The van der Waals surface area contributed by atoms with E-state index in [0.717, 1.165) is 37.8 Å². The van der Waals surface area contributed by atoms with Crippen LogP contribution >= 0.6 is 0 Å². The van der Waals surface area contributed by atoms with E-state index in [1.165, 1.54) is 18.2 Å². The third-order valence-corrected chi connectivity index (χ3v) is 6.66. The molecule has 0 bridgehead atoms. The van der Waals surface area contributed by atoms with E-state index in [2.05, 4.69) is 12.2 Å². The molecule has 0 amide bonds. The van der Waals surface area contributed by atoms with Gasteiger partial charge in [0, 0.05) is 12.1 Å². The number of hydrogen-bond acceptors (Lipinski definition) is 11. The number of hydrogen-bond donors (Lipinski definition) is 1. The number of nitrogens with one attached hydrogen (secondary N) is 1. The molecule has 0 heterocycles. The summed E-state index contributed by atoms with van der Waals surface area (Å²) >= 11 is 0. The van der Waals surface area contributed by atoms with E-state index in [1.54, 1.807) is 18.2 Å². The maximum absolute atomic E-state index is 13.0. The Kier molecular flexibility index (Phi) is 22.7. The Morgan fingerprint density at radius 3 is 1.65 bits per heavy atom. The van der Waals surface area contributed by atoms with E-state index in [9.17, 15) is 22.8 Å². The lowest BCUT2D eigenvalue weighted by molar-refractivity contribution is -0.145. The van der Waals surface area contributed by atoms with E-state index in [-0.39, 0.29) is 37.0 Å². The van der Waals surface area contributed by atoms with Crippen LogP contribution in [0.5, 0.6) is 0 Å². The second kappa shape index (κ2) is 26.6. The first-order valence-corrected chi connectivity index (χ1v) is 16.6. The predicted molar refractivity (Wildman–Crippen MR) is 176 cm³/mol. The van der Waals surface area contributed by atoms with Crippen LogP contribution in [0, 0.1) is 0 Å². The van der Waals surface area contributed by atoms with Crippen LogP contribution in [0.2, 0.25) is 0 Å². The molecule has 1 N–H and O–H groups in total. The summed E-state index contributed by atoms with van der Waals surface area (Å²) < 4.78 is 82.0. The van der Waals surface area contributed by atoms with Gasteiger partial charge in [0.25, 0.3) is 0 Å². The molecule has 0 aliphatic heterocycles. The topological polar surface area (TPSA) is 120 Å². The summed E-state index contributed by atoms with van der Waals surface area (Å²) in [7, 11) is 0. The maximum Gasteiger partial charge on any atom is 0.416 e. The molecule has 0 aliphatic rings. The molecule has 2 rings (SSSR count). The fraction of sp³-hybridized carbons (Fsp3) is 0.600. The Morgan fingerprint density at radius 2 is 1.12 bits per heavy atom. The van der Waals surface area contributed by atoms with Crippen molar-refractivity contribution in [3.63, 3.8) is 0 Å². The van der Waals surface area contributed by atoms with Crippen LogP contribution < -0.4 is 5.32 Å². The van der Waals surface area contributed by atoms with Gasteiger partial charge in [-0.25, -0.2) is 4.79 Å². The minimum atomic E-state index is -4.48. The molecule has 0 aromatic heterocycles. The number of ether oxygens (including phenoxy) is 8. The molecule has 0 spiro atoms. The molecule has 11 nitrogen and oxygen atoms in total. The van der Waals surface area contributed by atoms with Crippen LogP contribution in [0.4, 0.5) is 24.5 Å². The van der Waals surface area contributed by atoms with Gasteiger partial charge in [-0.05, 0) is 36.8 Å². The molecule has 0 aliphatic carbocycles. The smallest absolute Gasteiger partial charge is 0.416 e. The average Bonchev–Trinajstić information content (AvgIpc) is 3.09. The molecule has 2 aromatic rings. The zero-order valence-electron chi connectivity index (χ0n) is 28.3. The van der Waals surface area contributed by atoms with Gasteiger partial charge in [-0.2, -0.15) is 13.2 Å². The van der Waals surface area contributed by atoms with E-state index >= 15 is 0 Å². The molecule has 14 heteroatoms. The summed E-state index contributed by atoms with van der Waals surface area (Å²) in [6, 6.07) is 11.1. The van der Waals surface area contributed by atoms with E-state index in [1.807, 2.05) is 0 Å². The van der Waals surface area contributed by atoms with Crippen molar-refractivity contribution in [3.8, 4) is 0 Å². The second-order valence-corrected chi connectivity index (χ2v) is 10.6. The lowest BCUT2D eigenvalue weighted by Gasteiger charge is -2.13. The number of rotatable bonds is 29. The summed E-state index contributed by atoms with van der Waals surface area (Å²) in [5.74, 6) is -0.806. The SMILES string of the molecule is CCCCCCC(=O)OCCOCCOCCOCCOCCOCCOCCOC(=O)c1ccccc1Nc1cccc(C(F)(F)F)c1. The van der Waals surface area contributed by atoms with Crippen molar-refractivity contribution in [1.29, 1.82) is 0 Å². The predicted octanol–water partition coefficient (Wildman–Crippen LogP) is 6.22. The molecule has 49 heavy (non-hydrogen) atoms. The van der Waals surface area contributed by atoms with Crippen molar-refractivity contribution in [2.75, 3.05) is 97.8 Å². The first-order chi connectivity index (χ1) is 23.8. The normalized spacial score (nSPS) is 11.4. The van der Waals surface area contributed by atoms with Gasteiger partial charge < -0.3 is 43.2 Å². The highest BCUT2D eigenvalue weighted by atomic mass is 19.4. The van der Waals surface area contributed by atoms with Gasteiger partial charge in [-0.15, -0.1) is 0 Å². The van der Waals surface area contributed by atoms with Gasteiger partial charge in [0.05, 0.1) is 96.1 Å². The number of carbonyl (C=O) groups excluding carboxylic acids is 2. The first-order valence-electron chi connectivity index (χ1n) is 16.6. The number of alkyl halides is 3. The second-order valence-electron chi connectivity index (χ2n) is 10.6. The van der Waals surface area contributed by atoms with Crippen LogP contribution in [-0.4, -0.2) is 104 Å². The number of unbranched alkanes of at least 4 members (excludes halogenated alkanes) is 3. The quantitative estimate of drug-likeness (QED) is 0.0769. The number of halogens is 3. The van der Waals surface area contributed by atoms with E-state index < -0.39 is 17.7 Å². The zero-order chi connectivity index (χ0) is 35.4. The molecule has 0 fully saturated rings. The van der Waals surface area contributed by atoms with Crippen molar-refractivity contribution < 1.29 is 60.7 Å². The van der Waals surface area contributed by atoms with E-state index in [0.29, 0.717) is 84.8 Å². The Hall–Kier alpha value is -3.27. The average molecular weight is 702 g/mol. The molecule has 0 saturated heterocycles. The van der Waals surface area contributed by atoms with Gasteiger partial charge in [-0.1, -0.05) is 44.4 Å². The van der Waals surface area contributed by atoms with Crippen LogP contribution in [0.3, 0.4) is 0 Å². The molecule has 2 aromatic carbocycles. The highest BCUT2D eigenvalue weighted by Gasteiger charge is 2.30. The lowest BCUT2D eigenvalue weighted by atomic mass is 10.1. The van der Waals surface area contributed by atoms with Crippen molar-refractivity contribution >= 4 is 23.3 Å². The zero-order valence-corrected chi connectivity index (χ0v) is 28.3. The third-order valence-electron chi connectivity index (χ3n) is 6.66. The number of benzene rings is 2. The summed E-state index contributed by atoms with van der Waals surface area (Å²) in [4.78, 5) is 24.1. The maximum atomic E-state index is 13.0. The van der Waals surface area contributed by atoms with Gasteiger partial charge in [-0.3, -0.25) is 4.79 Å². The fourth-order valence-corrected chi connectivity index (χ4v) is 4.15. The number of esters is 2. The molecule has 0 saturated carbocycles. The number of para-hydroxylation sites is 1. The molecular formula is C35H50F3NO10. The monoisotopic (exact) mass is 701 g/mol. The standard InChI is InChI=1S/C35H50F3NO10/c1-2-3-4-5-13-33(40)48-26-24-46-22-20-44-18-16-42-14-15-43-17-19-45-21-23-47-25-27-49-34(41)31-11-6-7-12-32(31)39-30-10-8-9-29(28-30)35(36,37)38/h6-12,28,39H,2-5,13-27H2,1H3. The first kappa shape index (κ1) is 41.9. The minimum absolute atomic E-state index is 0.00336. The van der Waals surface area contributed by atoms with Crippen LogP contribution in [-0.2, 0) is 48.9 Å². The molecule has 0 unspecified atom stereocenters. The molecule has 0 atom stereocenters. The van der Waals surface area contributed by atoms with Crippen molar-refractivity contribution in [2.24, 2.45) is 0 Å². The highest BCUT2D eigenvalue weighted by Crippen LogP contribution is 2.32. The summed E-state index contributed by atoms with van der Waals surface area (Å²) in [5, 5.41) is 2.85. The summed E-state index contributed by atoms with van der Waals surface area (Å²) in [5.41, 5.74) is -0.0958. The summed E-state index contributed by atoms with van der Waals surface area (Å²) in [6.07, 6.45) is 0.180. The Labute approximate surface area is 286 Å². The Balaban J connectivity index is 1.36. The van der Waals surface area contributed by atoms with Crippen molar-refractivity contribution in [1.82, 2.24) is 0 Å². The van der Waals surface area contributed by atoms with Gasteiger partial charge in [0.2, 0.25) is 0 Å². The van der Waals surface area contributed by atoms with Crippen LogP contribution in [0.1, 0.15) is 54.9 Å². The van der Waals surface area contributed by atoms with Gasteiger partial charge >= 0.3 is 18.1 Å². The molecule has 0 radical (unpaired) electrons. The molecule has 276 valence electrons. The van der Waals surface area contributed by atoms with Crippen LogP contribution in [0.25, 0.3) is 0 Å². The summed E-state index contributed by atoms with van der Waals surface area (Å²) in [6.45, 7) is 6.87. The number of carbonyl (C=O) groups is 2. The largest absolute Gasteiger partial charge is 0.463 e. The lowest BCUT2D eigenvalue weighted by Crippen LogP contribution is -2.16. The van der Waals surface area contributed by atoms with Crippen molar-refractivity contribution in [2.45, 2.75) is 45.2 Å². The van der Waals surface area contributed by atoms with Crippen molar-refractivity contribution in [3.05, 3.63) is 59.7 Å². The van der Waals surface area contributed by atoms with Gasteiger partial charge in [0.15, 0.2) is 0 Å².